The summed E-state index contributed by atoms with van der Waals surface area (Å²) in [5.74, 6) is 1.98. The number of methoxy groups -OCH3 is 1. The molecule has 1 aliphatic heterocycles. The van der Waals surface area contributed by atoms with Crippen molar-refractivity contribution in [1.29, 1.82) is 0 Å². The van der Waals surface area contributed by atoms with Crippen LogP contribution in [0.4, 0.5) is 5.82 Å². The van der Waals surface area contributed by atoms with Crippen molar-refractivity contribution in [3.63, 3.8) is 0 Å². The zero-order valence-corrected chi connectivity index (χ0v) is 20.6. The van der Waals surface area contributed by atoms with Crippen LogP contribution in [0.1, 0.15) is 34.9 Å². The molecule has 0 bridgehead atoms. The molecule has 0 radical (unpaired) electrons. The first kappa shape index (κ1) is 22.8. The number of benzene rings is 1. The highest BCUT2D eigenvalue weighted by Crippen LogP contribution is 2.40. The van der Waals surface area contributed by atoms with Gasteiger partial charge < -0.3 is 15.2 Å². The van der Waals surface area contributed by atoms with Gasteiger partial charge in [0.1, 0.15) is 17.4 Å². The summed E-state index contributed by atoms with van der Waals surface area (Å²) >= 11 is 3.25. The van der Waals surface area contributed by atoms with E-state index in [2.05, 4.69) is 28.7 Å². The molecule has 0 amide bonds. The highest BCUT2D eigenvalue weighted by Gasteiger charge is 2.19. The van der Waals surface area contributed by atoms with Gasteiger partial charge in [0.25, 0.3) is 0 Å². The predicted molar refractivity (Wildman–Crippen MR) is 131 cm³/mol. The summed E-state index contributed by atoms with van der Waals surface area (Å²) in [6.07, 6.45) is 1.28. The number of thiazole rings is 1. The highest BCUT2D eigenvalue weighted by atomic mass is 32.2. The monoisotopic (exact) mass is 471 g/mol. The Morgan fingerprint density at radius 2 is 1.97 bits per heavy atom. The van der Waals surface area contributed by atoms with E-state index < -0.39 is 0 Å². The average molecular weight is 472 g/mol. The lowest BCUT2D eigenvalue weighted by Crippen LogP contribution is -2.39. The van der Waals surface area contributed by atoms with Gasteiger partial charge in [0, 0.05) is 28.7 Å². The van der Waals surface area contributed by atoms with E-state index in [1.54, 1.807) is 36.3 Å². The molecule has 0 spiro atoms. The van der Waals surface area contributed by atoms with Crippen molar-refractivity contribution < 1.29 is 9.47 Å². The van der Waals surface area contributed by atoms with Gasteiger partial charge in [-0.05, 0) is 58.5 Å². The molecule has 4 rings (SSSR count). The van der Waals surface area contributed by atoms with Crippen LogP contribution in [0.15, 0.2) is 29.4 Å². The zero-order valence-electron chi connectivity index (χ0n) is 18.9. The summed E-state index contributed by atoms with van der Waals surface area (Å²) in [5, 5.41) is 1.74. The lowest BCUT2D eigenvalue weighted by molar-refractivity contribution is 0.145. The molecule has 0 aliphatic carbocycles. The maximum atomic E-state index is 6.06. The van der Waals surface area contributed by atoms with Gasteiger partial charge in [0.05, 0.1) is 18.1 Å². The van der Waals surface area contributed by atoms with Crippen molar-refractivity contribution in [2.24, 2.45) is 0 Å². The Kier molecular flexibility index (Phi) is 7.17. The third-order valence-electron chi connectivity index (χ3n) is 5.38. The number of likely N-dealkylation sites (tertiary alicyclic amines) is 1. The quantitative estimate of drug-likeness (QED) is 0.354. The SMILES string of the molecule is COc1ccc(-c2nc([C@H](C)Sc3nc(C)cc(N)n3)c(C)s2)cc1OCCN1CCC1. The average Bonchev–Trinajstić information content (AvgIpc) is 3.10. The summed E-state index contributed by atoms with van der Waals surface area (Å²) in [4.78, 5) is 17.4. The first-order chi connectivity index (χ1) is 15.4. The molecule has 1 aromatic carbocycles. The molecule has 1 fully saturated rings. The molecule has 0 saturated carbocycles. The lowest BCUT2D eigenvalue weighted by Gasteiger charge is -2.30. The topological polar surface area (TPSA) is 86.4 Å². The summed E-state index contributed by atoms with van der Waals surface area (Å²) in [7, 11) is 1.67. The number of hydrogen-bond acceptors (Lipinski definition) is 9. The number of thioether (sulfide) groups is 1. The summed E-state index contributed by atoms with van der Waals surface area (Å²) < 4.78 is 11.6. The van der Waals surface area contributed by atoms with Gasteiger partial charge in [-0.1, -0.05) is 11.8 Å². The summed E-state index contributed by atoms with van der Waals surface area (Å²) in [6.45, 7) is 10.1. The van der Waals surface area contributed by atoms with Crippen LogP contribution in [0.5, 0.6) is 11.5 Å². The van der Waals surface area contributed by atoms with Crippen LogP contribution in [0.25, 0.3) is 10.6 Å². The molecule has 1 aliphatic rings. The van der Waals surface area contributed by atoms with Crippen LogP contribution in [0.3, 0.4) is 0 Å². The maximum Gasteiger partial charge on any atom is 0.190 e. The summed E-state index contributed by atoms with van der Waals surface area (Å²) in [5.41, 5.74) is 8.81. The molecule has 170 valence electrons. The van der Waals surface area contributed by atoms with Crippen molar-refractivity contribution in [2.45, 2.75) is 37.6 Å². The number of nitrogens with two attached hydrogens (primary N) is 1. The minimum atomic E-state index is 0.103. The van der Waals surface area contributed by atoms with Crippen LogP contribution >= 0.6 is 23.1 Å². The molecule has 2 N–H and O–H groups in total. The van der Waals surface area contributed by atoms with E-state index in [1.165, 1.54) is 11.3 Å². The third-order valence-corrected chi connectivity index (χ3v) is 7.38. The predicted octanol–water partition coefficient (Wildman–Crippen LogP) is 4.75. The standard InChI is InChI=1S/C23H29N5O2S2/c1-14-12-20(24)26-23(25-14)32-16(3)21-15(2)31-22(27-21)17-6-7-18(29-4)19(13-17)30-11-10-28-8-5-9-28/h6-7,12-13,16H,5,8-11H2,1-4H3,(H2,24,25,26)/t16-/m0/s1. The number of anilines is 1. The normalized spacial score (nSPS) is 14.8. The number of aryl methyl sites for hydroxylation is 2. The Morgan fingerprint density at radius 1 is 1.16 bits per heavy atom. The van der Waals surface area contributed by atoms with E-state index in [-0.39, 0.29) is 5.25 Å². The Labute approximate surface area is 197 Å². The van der Waals surface area contributed by atoms with Crippen molar-refractivity contribution in [3.05, 3.63) is 40.5 Å². The fourth-order valence-corrected chi connectivity index (χ4v) is 5.65. The highest BCUT2D eigenvalue weighted by molar-refractivity contribution is 7.99. The Balaban J connectivity index is 1.51. The van der Waals surface area contributed by atoms with E-state index in [1.807, 2.05) is 25.1 Å². The van der Waals surface area contributed by atoms with Gasteiger partial charge in [0.2, 0.25) is 0 Å². The number of ether oxygens (including phenoxy) is 2. The number of hydrogen-bond donors (Lipinski definition) is 1. The Morgan fingerprint density at radius 3 is 2.66 bits per heavy atom. The molecule has 3 heterocycles. The van der Waals surface area contributed by atoms with E-state index in [9.17, 15) is 0 Å². The van der Waals surface area contributed by atoms with Crippen molar-refractivity contribution in [1.82, 2.24) is 19.9 Å². The van der Waals surface area contributed by atoms with Gasteiger partial charge in [-0.15, -0.1) is 11.3 Å². The molecule has 0 unspecified atom stereocenters. The maximum absolute atomic E-state index is 6.06. The fourth-order valence-electron chi connectivity index (χ4n) is 3.55. The van der Waals surface area contributed by atoms with Gasteiger partial charge in [-0.2, -0.15) is 0 Å². The van der Waals surface area contributed by atoms with Crippen LogP contribution < -0.4 is 15.2 Å². The number of nitrogens with zero attached hydrogens (tertiary/aromatic N) is 4. The molecule has 2 aromatic heterocycles. The molecule has 9 heteroatoms. The smallest absolute Gasteiger partial charge is 0.190 e. The third kappa shape index (κ3) is 5.33. The van der Waals surface area contributed by atoms with Gasteiger partial charge in [-0.25, -0.2) is 15.0 Å². The molecule has 1 atom stereocenters. The second-order valence-corrected chi connectivity index (χ2v) is 10.4. The second-order valence-electron chi connectivity index (χ2n) is 7.85. The largest absolute Gasteiger partial charge is 0.493 e. The first-order valence-corrected chi connectivity index (χ1v) is 12.4. The van der Waals surface area contributed by atoms with E-state index in [0.29, 0.717) is 17.6 Å². The lowest BCUT2D eigenvalue weighted by atomic mass is 10.2. The first-order valence-electron chi connectivity index (χ1n) is 10.7. The van der Waals surface area contributed by atoms with E-state index in [4.69, 9.17) is 20.2 Å². The van der Waals surface area contributed by atoms with Gasteiger partial charge in [-0.3, -0.25) is 4.90 Å². The molecular formula is C23H29N5O2S2. The molecule has 3 aromatic rings. The number of rotatable bonds is 9. The van der Waals surface area contributed by atoms with Gasteiger partial charge in [0.15, 0.2) is 16.7 Å². The minimum Gasteiger partial charge on any atom is -0.493 e. The van der Waals surface area contributed by atoms with Crippen LogP contribution in [0.2, 0.25) is 0 Å². The second kappa shape index (κ2) is 10.1. The van der Waals surface area contributed by atoms with E-state index in [0.717, 1.165) is 53.1 Å². The summed E-state index contributed by atoms with van der Waals surface area (Å²) in [6, 6.07) is 7.78. The van der Waals surface area contributed by atoms with Crippen LogP contribution in [-0.4, -0.2) is 53.2 Å². The number of aromatic nitrogens is 3. The van der Waals surface area contributed by atoms with Crippen molar-refractivity contribution >= 4 is 28.9 Å². The molecule has 7 nitrogen and oxygen atoms in total. The van der Waals surface area contributed by atoms with Gasteiger partial charge >= 0.3 is 0 Å². The molecular weight excluding hydrogens is 442 g/mol. The van der Waals surface area contributed by atoms with Crippen molar-refractivity contribution in [3.8, 4) is 22.1 Å². The molecule has 1 saturated heterocycles. The van der Waals surface area contributed by atoms with Crippen LogP contribution in [0, 0.1) is 13.8 Å². The zero-order chi connectivity index (χ0) is 22.7. The van der Waals surface area contributed by atoms with Crippen LogP contribution in [-0.2, 0) is 0 Å². The van der Waals surface area contributed by atoms with Crippen molar-refractivity contribution in [2.75, 3.05) is 39.1 Å². The minimum absolute atomic E-state index is 0.103. The Hall–Kier alpha value is -2.36. The Bertz CT molecular complexity index is 1060. The van der Waals surface area contributed by atoms with E-state index >= 15 is 0 Å². The number of nitrogen functional groups attached to an aromatic ring is 1. The fraction of sp³-hybridized carbons (Fsp3) is 0.435. The molecule has 32 heavy (non-hydrogen) atoms.